The van der Waals surface area contributed by atoms with Gasteiger partial charge in [-0.05, 0) is 37.4 Å². The van der Waals surface area contributed by atoms with Crippen LogP contribution in [0.3, 0.4) is 0 Å². The van der Waals surface area contributed by atoms with Crippen molar-refractivity contribution in [2.75, 3.05) is 7.05 Å². The van der Waals surface area contributed by atoms with E-state index in [0.29, 0.717) is 30.4 Å². The van der Waals surface area contributed by atoms with Crippen LogP contribution in [0.4, 0.5) is 4.39 Å². The van der Waals surface area contributed by atoms with Crippen molar-refractivity contribution in [3.05, 3.63) is 60.3 Å². The van der Waals surface area contributed by atoms with Gasteiger partial charge < -0.3 is 9.40 Å². The summed E-state index contributed by atoms with van der Waals surface area (Å²) in [6.07, 6.45) is 3.36. The fourth-order valence-corrected chi connectivity index (χ4v) is 2.58. The van der Waals surface area contributed by atoms with E-state index in [1.807, 2.05) is 24.1 Å². The summed E-state index contributed by atoms with van der Waals surface area (Å²) in [5.74, 6) is 1.40. The van der Waals surface area contributed by atoms with Gasteiger partial charge in [0.15, 0.2) is 0 Å². The number of imidazole rings is 1. The smallest absolute Gasteiger partial charge is 0.249 e. The molecule has 0 spiro atoms. The Morgan fingerprint density at radius 3 is 2.96 bits per heavy atom. The van der Waals surface area contributed by atoms with E-state index in [9.17, 15) is 4.39 Å². The van der Waals surface area contributed by atoms with Gasteiger partial charge in [0.05, 0.1) is 29.7 Å². The molecule has 0 atom stereocenters. The number of aromatic nitrogens is 5. The molecule has 25 heavy (non-hydrogen) atoms. The van der Waals surface area contributed by atoms with Crippen molar-refractivity contribution in [1.82, 2.24) is 30.0 Å². The lowest BCUT2D eigenvalue weighted by atomic mass is 10.3. The number of fused-ring (bicyclic) bond motifs is 1. The van der Waals surface area contributed by atoms with Crippen molar-refractivity contribution in [2.45, 2.75) is 13.1 Å². The van der Waals surface area contributed by atoms with Crippen LogP contribution in [0.25, 0.3) is 22.5 Å². The molecule has 3 heterocycles. The van der Waals surface area contributed by atoms with Crippen LogP contribution in [0.5, 0.6) is 0 Å². The van der Waals surface area contributed by atoms with Crippen molar-refractivity contribution >= 4 is 11.0 Å². The molecule has 8 heteroatoms. The number of hydrogen-bond acceptors (Lipinski definition) is 6. The van der Waals surface area contributed by atoms with Gasteiger partial charge in [0.2, 0.25) is 11.8 Å². The van der Waals surface area contributed by atoms with Gasteiger partial charge in [0, 0.05) is 12.4 Å². The molecule has 0 aliphatic heterocycles. The monoisotopic (exact) mass is 338 g/mol. The second kappa shape index (κ2) is 6.40. The lowest BCUT2D eigenvalue weighted by Crippen LogP contribution is -2.18. The topological polar surface area (TPSA) is 83.7 Å². The molecule has 126 valence electrons. The quantitative estimate of drug-likeness (QED) is 0.602. The van der Waals surface area contributed by atoms with Crippen LogP contribution >= 0.6 is 0 Å². The highest BCUT2D eigenvalue weighted by Gasteiger charge is 2.12. The molecule has 0 amide bonds. The summed E-state index contributed by atoms with van der Waals surface area (Å²) in [5, 5.41) is 8.10. The Balaban J connectivity index is 1.45. The summed E-state index contributed by atoms with van der Waals surface area (Å²) in [5.41, 5.74) is 2.20. The highest BCUT2D eigenvalue weighted by molar-refractivity contribution is 5.74. The normalized spacial score (nSPS) is 11.5. The number of nitrogens with zero attached hydrogens (tertiary/aromatic N) is 5. The lowest BCUT2D eigenvalue weighted by Gasteiger charge is -2.11. The van der Waals surface area contributed by atoms with E-state index in [4.69, 9.17) is 4.42 Å². The molecule has 0 aliphatic rings. The molecule has 0 unspecified atom stereocenters. The van der Waals surface area contributed by atoms with E-state index in [1.54, 1.807) is 18.5 Å². The molecule has 4 aromatic rings. The maximum atomic E-state index is 13.2. The summed E-state index contributed by atoms with van der Waals surface area (Å²) in [7, 11) is 1.92. The van der Waals surface area contributed by atoms with Crippen LogP contribution in [0, 0.1) is 5.82 Å². The molecule has 4 rings (SSSR count). The molecule has 1 aromatic carbocycles. The molecule has 3 aromatic heterocycles. The fourth-order valence-electron chi connectivity index (χ4n) is 2.58. The fraction of sp³-hybridized carbons (Fsp3) is 0.176. The third-order valence-electron chi connectivity index (χ3n) is 3.69. The van der Waals surface area contributed by atoms with Crippen LogP contribution in [-0.4, -0.2) is 37.1 Å². The Hall–Kier alpha value is -3.13. The number of nitrogens with one attached hydrogen (secondary N) is 1. The average molecular weight is 338 g/mol. The van der Waals surface area contributed by atoms with Crippen molar-refractivity contribution in [2.24, 2.45) is 0 Å². The maximum absolute atomic E-state index is 13.2. The zero-order chi connectivity index (χ0) is 17.2. The third-order valence-corrected chi connectivity index (χ3v) is 3.69. The molecule has 0 aliphatic carbocycles. The summed E-state index contributed by atoms with van der Waals surface area (Å²) >= 11 is 0. The number of rotatable bonds is 5. The summed E-state index contributed by atoms with van der Waals surface area (Å²) in [6.45, 7) is 1.01. The van der Waals surface area contributed by atoms with Gasteiger partial charge in [-0.15, -0.1) is 10.2 Å². The molecular weight excluding hydrogens is 323 g/mol. The molecule has 0 bridgehead atoms. The molecule has 0 fully saturated rings. The first-order valence-corrected chi connectivity index (χ1v) is 7.73. The van der Waals surface area contributed by atoms with Crippen molar-refractivity contribution in [1.29, 1.82) is 0 Å². The maximum Gasteiger partial charge on any atom is 0.249 e. The second-order valence-electron chi connectivity index (χ2n) is 5.76. The first-order chi connectivity index (χ1) is 12.2. The van der Waals surface area contributed by atoms with Gasteiger partial charge >= 0.3 is 0 Å². The van der Waals surface area contributed by atoms with Crippen molar-refractivity contribution in [3.63, 3.8) is 0 Å². The average Bonchev–Trinajstić information content (AvgIpc) is 3.21. The minimum absolute atomic E-state index is 0.287. The van der Waals surface area contributed by atoms with Crippen LogP contribution in [0.1, 0.15) is 11.7 Å². The third kappa shape index (κ3) is 3.38. The van der Waals surface area contributed by atoms with Crippen molar-refractivity contribution in [3.8, 4) is 11.5 Å². The number of halogens is 1. The number of aromatic amines is 1. The van der Waals surface area contributed by atoms with Crippen LogP contribution in [-0.2, 0) is 13.1 Å². The predicted octanol–water partition coefficient (Wildman–Crippen LogP) is 2.78. The van der Waals surface area contributed by atoms with Crippen LogP contribution < -0.4 is 0 Å². The van der Waals surface area contributed by atoms with E-state index in [0.717, 1.165) is 16.9 Å². The van der Waals surface area contributed by atoms with E-state index in [-0.39, 0.29) is 5.82 Å². The van der Waals surface area contributed by atoms with Gasteiger partial charge in [0.25, 0.3) is 0 Å². The second-order valence-corrected chi connectivity index (χ2v) is 5.76. The molecule has 0 saturated heterocycles. The molecule has 0 radical (unpaired) electrons. The zero-order valence-corrected chi connectivity index (χ0v) is 13.5. The molecule has 0 saturated carbocycles. The highest BCUT2D eigenvalue weighted by Crippen LogP contribution is 2.17. The predicted molar refractivity (Wildman–Crippen MR) is 88.8 cm³/mol. The Morgan fingerprint density at radius 2 is 2.12 bits per heavy atom. The molecule has 7 nitrogen and oxygen atoms in total. The highest BCUT2D eigenvalue weighted by atomic mass is 19.1. The van der Waals surface area contributed by atoms with E-state index in [2.05, 4.69) is 25.1 Å². The van der Waals surface area contributed by atoms with E-state index in [1.165, 1.54) is 12.1 Å². The summed E-state index contributed by atoms with van der Waals surface area (Å²) in [6, 6.07) is 8.17. The SMILES string of the molecule is CN(Cc1nc2ccc(F)cc2[nH]1)Cc1nnc(-c2cccnc2)o1. The number of pyridine rings is 1. The number of benzene rings is 1. The number of H-pyrrole nitrogens is 1. The Labute approximate surface area is 142 Å². The first kappa shape index (κ1) is 15.4. The van der Waals surface area contributed by atoms with Gasteiger partial charge in [0.1, 0.15) is 11.6 Å². The Kier molecular flexibility index (Phi) is 3.95. The zero-order valence-electron chi connectivity index (χ0n) is 13.5. The van der Waals surface area contributed by atoms with Gasteiger partial charge in [-0.1, -0.05) is 0 Å². The van der Waals surface area contributed by atoms with Crippen LogP contribution in [0.15, 0.2) is 47.1 Å². The Bertz CT molecular complexity index is 997. The van der Waals surface area contributed by atoms with Crippen LogP contribution in [0.2, 0.25) is 0 Å². The largest absolute Gasteiger partial charge is 0.419 e. The van der Waals surface area contributed by atoms with Gasteiger partial charge in [-0.2, -0.15) is 0 Å². The van der Waals surface area contributed by atoms with Gasteiger partial charge in [-0.3, -0.25) is 9.88 Å². The lowest BCUT2D eigenvalue weighted by molar-refractivity contribution is 0.277. The van der Waals surface area contributed by atoms with E-state index < -0.39 is 0 Å². The first-order valence-electron chi connectivity index (χ1n) is 7.73. The van der Waals surface area contributed by atoms with E-state index >= 15 is 0 Å². The molecule has 1 N–H and O–H groups in total. The van der Waals surface area contributed by atoms with Crippen molar-refractivity contribution < 1.29 is 8.81 Å². The Morgan fingerprint density at radius 1 is 1.20 bits per heavy atom. The minimum Gasteiger partial charge on any atom is -0.419 e. The molecular formula is C17H15FN6O. The van der Waals surface area contributed by atoms with Gasteiger partial charge in [-0.25, -0.2) is 9.37 Å². The summed E-state index contributed by atoms with van der Waals surface area (Å²) in [4.78, 5) is 13.6. The standard InChI is InChI=1S/C17H15FN6O/c1-24(9-15-20-13-5-4-12(18)7-14(13)21-15)10-16-22-23-17(25-16)11-3-2-6-19-8-11/h2-8H,9-10H2,1H3,(H,20,21). The number of hydrogen-bond donors (Lipinski definition) is 1. The minimum atomic E-state index is -0.287. The summed E-state index contributed by atoms with van der Waals surface area (Å²) < 4.78 is 18.9.